The van der Waals surface area contributed by atoms with Crippen LogP contribution in [0, 0.1) is 0 Å². The zero-order chi connectivity index (χ0) is 17.3. The van der Waals surface area contributed by atoms with E-state index in [1.54, 1.807) is 7.05 Å². The van der Waals surface area contributed by atoms with Crippen molar-refractivity contribution < 1.29 is 4.74 Å². The highest BCUT2D eigenvalue weighted by atomic mass is 127. The van der Waals surface area contributed by atoms with Gasteiger partial charge in [0.25, 0.3) is 0 Å². The lowest BCUT2D eigenvalue weighted by atomic mass is 9.98. The molecule has 7 nitrogen and oxygen atoms in total. The monoisotopic (exact) mass is 472 g/mol. The van der Waals surface area contributed by atoms with Crippen LogP contribution in [0.4, 0.5) is 0 Å². The summed E-state index contributed by atoms with van der Waals surface area (Å²) >= 11 is 0. The Morgan fingerprint density at radius 2 is 2.08 bits per heavy atom. The molecule has 26 heavy (non-hydrogen) atoms. The van der Waals surface area contributed by atoms with Gasteiger partial charge in [0.2, 0.25) is 0 Å². The van der Waals surface area contributed by atoms with Gasteiger partial charge in [0, 0.05) is 26.4 Å². The van der Waals surface area contributed by atoms with Crippen molar-refractivity contribution in [3.05, 3.63) is 30.2 Å². The number of nitrogens with one attached hydrogen (secondary N) is 2. The molecule has 2 aromatic heterocycles. The van der Waals surface area contributed by atoms with Crippen LogP contribution in [0.5, 0.6) is 0 Å². The third-order valence-electron chi connectivity index (χ3n) is 4.54. The minimum Gasteiger partial charge on any atom is -0.378 e. The second-order valence-corrected chi connectivity index (χ2v) is 6.38. The van der Waals surface area contributed by atoms with Crippen LogP contribution < -0.4 is 10.6 Å². The Labute approximate surface area is 172 Å². The van der Waals surface area contributed by atoms with E-state index in [9.17, 15) is 0 Å². The van der Waals surface area contributed by atoms with E-state index in [0.29, 0.717) is 12.6 Å². The molecule has 2 heterocycles. The highest BCUT2D eigenvalue weighted by molar-refractivity contribution is 14.0. The Kier molecular flexibility index (Phi) is 9.10. The topological polar surface area (TPSA) is 75.8 Å². The SMILES string of the molecule is CN=C(NCCCOC1CCCCC1)NCc1nnc2ccccn12.I. The fraction of sp³-hybridized carbons (Fsp3) is 0.611. The first-order chi connectivity index (χ1) is 12.4. The highest BCUT2D eigenvalue weighted by Crippen LogP contribution is 2.20. The van der Waals surface area contributed by atoms with Gasteiger partial charge >= 0.3 is 0 Å². The Hall–Kier alpha value is -1.42. The Morgan fingerprint density at radius 3 is 2.88 bits per heavy atom. The Balaban J connectivity index is 0.00000243. The minimum atomic E-state index is 0. The lowest BCUT2D eigenvalue weighted by molar-refractivity contribution is 0.0277. The number of hydrogen-bond donors (Lipinski definition) is 2. The number of fused-ring (bicyclic) bond motifs is 1. The van der Waals surface area contributed by atoms with Crippen LogP contribution in [0.15, 0.2) is 29.4 Å². The maximum Gasteiger partial charge on any atom is 0.191 e. The van der Waals surface area contributed by atoms with E-state index in [4.69, 9.17) is 4.74 Å². The number of halogens is 1. The molecule has 8 heteroatoms. The number of hydrogen-bond acceptors (Lipinski definition) is 4. The van der Waals surface area contributed by atoms with Crippen molar-refractivity contribution in [2.75, 3.05) is 20.2 Å². The van der Waals surface area contributed by atoms with Crippen LogP contribution in [0.1, 0.15) is 44.3 Å². The summed E-state index contributed by atoms with van der Waals surface area (Å²) in [6.45, 7) is 2.22. The van der Waals surface area contributed by atoms with E-state index in [0.717, 1.165) is 37.0 Å². The minimum absolute atomic E-state index is 0. The number of guanidine groups is 1. The van der Waals surface area contributed by atoms with E-state index in [1.807, 2.05) is 28.8 Å². The molecular formula is C18H29IN6O. The molecule has 0 aliphatic heterocycles. The van der Waals surface area contributed by atoms with Gasteiger partial charge in [-0.1, -0.05) is 25.3 Å². The summed E-state index contributed by atoms with van der Waals surface area (Å²) in [6.07, 6.45) is 9.87. The van der Waals surface area contributed by atoms with Crippen LogP contribution in [-0.4, -0.2) is 46.9 Å². The molecule has 144 valence electrons. The van der Waals surface area contributed by atoms with Gasteiger partial charge in [-0.25, -0.2) is 0 Å². The predicted octanol–water partition coefficient (Wildman–Crippen LogP) is 2.75. The molecule has 1 aliphatic rings. The number of ether oxygens (including phenoxy) is 1. The fourth-order valence-electron chi connectivity index (χ4n) is 3.16. The van der Waals surface area contributed by atoms with E-state index >= 15 is 0 Å². The Morgan fingerprint density at radius 1 is 1.23 bits per heavy atom. The Bertz CT molecular complexity index is 683. The quantitative estimate of drug-likeness (QED) is 0.281. The zero-order valence-corrected chi connectivity index (χ0v) is 17.7. The molecule has 0 bridgehead atoms. The summed E-state index contributed by atoms with van der Waals surface area (Å²) in [5, 5.41) is 15.0. The summed E-state index contributed by atoms with van der Waals surface area (Å²) in [5.41, 5.74) is 0.849. The number of nitrogens with zero attached hydrogens (tertiary/aromatic N) is 4. The molecule has 0 atom stereocenters. The normalized spacial score (nSPS) is 15.7. The molecule has 2 N–H and O–H groups in total. The largest absolute Gasteiger partial charge is 0.378 e. The molecule has 1 fully saturated rings. The molecule has 1 aliphatic carbocycles. The number of pyridine rings is 1. The van der Waals surface area contributed by atoms with E-state index in [1.165, 1.54) is 32.1 Å². The van der Waals surface area contributed by atoms with Gasteiger partial charge in [-0.3, -0.25) is 9.39 Å². The number of aliphatic imine (C=N–C) groups is 1. The third-order valence-corrected chi connectivity index (χ3v) is 4.54. The van der Waals surface area contributed by atoms with Gasteiger partial charge in [0.05, 0.1) is 12.6 Å². The van der Waals surface area contributed by atoms with Gasteiger partial charge in [0.1, 0.15) is 0 Å². The smallest absolute Gasteiger partial charge is 0.191 e. The third kappa shape index (κ3) is 6.08. The maximum atomic E-state index is 5.94. The predicted molar refractivity (Wildman–Crippen MR) is 114 cm³/mol. The maximum absolute atomic E-state index is 5.94. The van der Waals surface area contributed by atoms with Crippen molar-refractivity contribution in [1.82, 2.24) is 25.2 Å². The van der Waals surface area contributed by atoms with Crippen LogP contribution in [0.25, 0.3) is 5.65 Å². The van der Waals surface area contributed by atoms with Crippen LogP contribution in [0.2, 0.25) is 0 Å². The molecule has 0 saturated heterocycles. The van der Waals surface area contributed by atoms with Gasteiger partial charge in [-0.05, 0) is 31.4 Å². The highest BCUT2D eigenvalue weighted by Gasteiger charge is 2.13. The molecule has 3 rings (SSSR count). The van der Waals surface area contributed by atoms with E-state index in [2.05, 4.69) is 25.8 Å². The van der Waals surface area contributed by atoms with Crippen molar-refractivity contribution in [3.63, 3.8) is 0 Å². The molecular weight excluding hydrogens is 443 g/mol. The molecule has 0 unspecified atom stereocenters. The lowest BCUT2D eigenvalue weighted by Gasteiger charge is -2.22. The van der Waals surface area contributed by atoms with Crippen molar-refractivity contribution in [2.24, 2.45) is 4.99 Å². The van der Waals surface area contributed by atoms with Crippen molar-refractivity contribution in [1.29, 1.82) is 0 Å². The molecule has 0 amide bonds. The number of rotatable bonds is 7. The average Bonchev–Trinajstić information content (AvgIpc) is 3.08. The van der Waals surface area contributed by atoms with Crippen molar-refractivity contribution >= 4 is 35.6 Å². The first-order valence-electron chi connectivity index (χ1n) is 9.21. The van der Waals surface area contributed by atoms with Crippen molar-refractivity contribution in [2.45, 2.75) is 51.2 Å². The summed E-state index contributed by atoms with van der Waals surface area (Å²) < 4.78 is 7.91. The standard InChI is InChI=1S/C18H28N6O.HI/c1-19-18(20-11-7-13-25-15-8-3-2-4-9-15)21-14-17-23-22-16-10-5-6-12-24(16)17;/h5-6,10,12,15H,2-4,7-9,11,13-14H2,1H3,(H2,19,20,21);1H. The zero-order valence-electron chi connectivity index (χ0n) is 15.4. The van der Waals surface area contributed by atoms with Crippen LogP contribution in [-0.2, 0) is 11.3 Å². The van der Waals surface area contributed by atoms with E-state index in [-0.39, 0.29) is 24.0 Å². The average molecular weight is 472 g/mol. The molecule has 1 saturated carbocycles. The summed E-state index contributed by atoms with van der Waals surface area (Å²) in [5.74, 6) is 1.63. The molecule has 0 spiro atoms. The van der Waals surface area contributed by atoms with Gasteiger partial charge < -0.3 is 15.4 Å². The summed E-state index contributed by atoms with van der Waals surface area (Å²) in [7, 11) is 1.77. The van der Waals surface area contributed by atoms with Gasteiger partial charge in [-0.2, -0.15) is 0 Å². The van der Waals surface area contributed by atoms with Crippen LogP contribution >= 0.6 is 24.0 Å². The molecule has 0 radical (unpaired) electrons. The second kappa shape index (κ2) is 11.3. The van der Waals surface area contributed by atoms with Gasteiger partial charge in [-0.15, -0.1) is 34.2 Å². The summed E-state index contributed by atoms with van der Waals surface area (Å²) in [6, 6.07) is 5.87. The van der Waals surface area contributed by atoms with Gasteiger partial charge in [0.15, 0.2) is 17.4 Å². The first-order valence-corrected chi connectivity index (χ1v) is 9.21. The lowest BCUT2D eigenvalue weighted by Crippen LogP contribution is -2.38. The molecule has 0 aromatic carbocycles. The number of aromatic nitrogens is 3. The fourth-order valence-corrected chi connectivity index (χ4v) is 3.16. The first kappa shape index (κ1) is 20.9. The summed E-state index contributed by atoms with van der Waals surface area (Å²) in [4.78, 5) is 4.25. The van der Waals surface area contributed by atoms with E-state index < -0.39 is 0 Å². The van der Waals surface area contributed by atoms with Crippen molar-refractivity contribution in [3.8, 4) is 0 Å². The van der Waals surface area contributed by atoms with Crippen LogP contribution in [0.3, 0.4) is 0 Å². The molecule has 2 aromatic rings. The second-order valence-electron chi connectivity index (χ2n) is 6.38.